The van der Waals surface area contributed by atoms with E-state index in [1.54, 1.807) is 12.1 Å². The van der Waals surface area contributed by atoms with Crippen LogP contribution in [-0.4, -0.2) is 49.7 Å². The molecule has 0 radical (unpaired) electrons. The number of nitrogens with one attached hydrogen (secondary N) is 2. The van der Waals surface area contributed by atoms with Gasteiger partial charge in [0.2, 0.25) is 11.0 Å². The zero-order valence-electron chi connectivity index (χ0n) is 24.3. The van der Waals surface area contributed by atoms with Gasteiger partial charge in [0.25, 0.3) is 0 Å². The average molecular weight is 625 g/mol. The van der Waals surface area contributed by atoms with Crippen LogP contribution in [0.2, 0.25) is 0 Å². The molecule has 0 saturated heterocycles. The summed E-state index contributed by atoms with van der Waals surface area (Å²) in [5.41, 5.74) is 2.43. The lowest BCUT2D eigenvalue weighted by Gasteiger charge is -2.27. The molecule has 2 heterocycles. The molecule has 12 heteroatoms. The first-order valence-corrected chi connectivity index (χ1v) is 15.7. The lowest BCUT2D eigenvalue weighted by molar-refractivity contribution is -0.151. The van der Waals surface area contributed by atoms with E-state index in [-0.39, 0.29) is 30.6 Å². The van der Waals surface area contributed by atoms with Crippen molar-refractivity contribution in [3.63, 3.8) is 0 Å². The number of hydrogen-bond donors (Lipinski definition) is 3. The van der Waals surface area contributed by atoms with E-state index in [1.165, 1.54) is 11.3 Å². The molecule has 0 aliphatic heterocycles. The molecule has 3 unspecified atom stereocenters. The molecule has 0 saturated carbocycles. The normalized spacial score (nSPS) is 16.0. The van der Waals surface area contributed by atoms with E-state index in [0.29, 0.717) is 40.8 Å². The minimum absolute atomic E-state index is 0.137. The van der Waals surface area contributed by atoms with Crippen molar-refractivity contribution in [1.82, 2.24) is 20.4 Å². The number of aliphatic hydroxyl groups excluding tert-OH is 1. The van der Waals surface area contributed by atoms with Crippen LogP contribution >= 0.6 is 22.9 Å². The molecule has 10 nitrogen and oxygen atoms in total. The predicted molar refractivity (Wildman–Crippen MR) is 168 cm³/mol. The van der Waals surface area contributed by atoms with Gasteiger partial charge in [-0.1, -0.05) is 73.2 Å². The molecule has 1 amide bonds. The summed E-state index contributed by atoms with van der Waals surface area (Å²) in [6.45, 7) is 3.91. The van der Waals surface area contributed by atoms with Gasteiger partial charge in [-0.05, 0) is 67.4 Å². The minimum Gasteiger partial charge on any atom is -0.453 e. The van der Waals surface area contributed by atoms with Crippen molar-refractivity contribution in [3.8, 4) is 0 Å². The summed E-state index contributed by atoms with van der Waals surface area (Å²) in [6.07, 6.45) is 6.63. The smallest absolute Gasteiger partial charge is 0.306 e. The highest BCUT2D eigenvalue weighted by Crippen LogP contribution is 2.30. The lowest BCUT2D eigenvalue weighted by Crippen LogP contribution is -2.38. The van der Waals surface area contributed by atoms with Crippen molar-refractivity contribution in [2.75, 3.05) is 10.6 Å². The standard InChI is InChI=1S/C31H37ClN6O4S/c1-3-9-28(40)42-29(22-15-14-20(2)24(32)19-22)30(41)34-31-38-37-27(43-31)13-8-7-12-23-16-17-25(36-35-23)33-26(39)18-21-10-5-4-6-11-21/h4-6,10-11,15-17,19-20,29-30,41H,3,7-9,12-14,18H2,1-2H3,(H,34,38)(H,33,36,39). The van der Waals surface area contributed by atoms with E-state index in [2.05, 4.69) is 31.0 Å². The number of benzene rings is 1. The maximum absolute atomic E-state index is 12.3. The first-order valence-electron chi connectivity index (χ1n) is 14.5. The zero-order chi connectivity index (χ0) is 30.6. The Bertz CT molecular complexity index is 1410. The second kappa shape index (κ2) is 16.3. The van der Waals surface area contributed by atoms with Crippen LogP contribution in [0.3, 0.4) is 0 Å². The quantitative estimate of drug-likeness (QED) is 0.112. The fourth-order valence-corrected chi connectivity index (χ4v) is 5.46. The molecular weight excluding hydrogens is 588 g/mol. The van der Waals surface area contributed by atoms with Gasteiger partial charge in [0.15, 0.2) is 18.1 Å². The number of esters is 1. The Kier molecular flexibility index (Phi) is 12.2. The van der Waals surface area contributed by atoms with Crippen LogP contribution in [-0.2, 0) is 33.6 Å². The van der Waals surface area contributed by atoms with Gasteiger partial charge in [-0.25, -0.2) is 0 Å². The molecule has 0 spiro atoms. The number of aliphatic hydroxyl groups is 1. The highest BCUT2D eigenvalue weighted by molar-refractivity contribution is 7.15. The summed E-state index contributed by atoms with van der Waals surface area (Å²) in [6, 6.07) is 13.2. The van der Waals surface area contributed by atoms with Crippen LogP contribution in [0.4, 0.5) is 10.9 Å². The van der Waals surface area contributed by atoms with Crippen molar-refractivity contribution >= 4 is 45.8 Å². The number of nitrogens with zero attached hydrogens (tertiary/aromatic N) is 4. The number of aryl methyl sites for hydroxylation is 2. The number of carbonyl (C=O) groups is 2. The number of ether oxygens (including phenoxy) is 1. The molecule has 1 aliphatic rings. The van der Waals surface area contributed by atoms with E-state index in [0.717, 1.165) is 35.5 Å². The SMILES string of the molecule is CCCC(=O)OC(C1=CCC(C)C(Cl)=C1)C(O)Nc1nnc(CCCCc2ccc(NC(=O)Cc3ccccc3)nn2)s1. The molecular formula is C31H37ClN6O4S. The second-order valence-corrected chi connectivity index (χ2v) is 11.9. The lowest BCUT2D eigenvalue weighted by atomic mass is 9.94. The second-order valence-electron chi connectivity index (χ2n) is 10.4. The third kappa shape index (κ3) is 10.2. The fourth-order valence-electron chi connectivity index (χ4n) is 4.43. The Morgan fingerprint density at radius 1 is 1.09 bits per heavy atom. The molecule has 228 valence electrons. The molecule has 1 aliphatic carbocycles. The third-order valence-corrected chi connectivity index (χ3v) is 8.21. The third-order valence-electron chi connectivity index (χ3n) is 6.82. The first-order chi connectivity index (χ1) is 20.8. The summed E-state index contributed by atoms with van der Waals surface area (Å²) in [4.78, 5) is 24.5. The summed E-state index contributed by atoms with van der Waals surface area (Å²) >= 11 is 7.70. The summed E-state index contributed by atoms with van der Waals surface area (Å²) in [5, 5.41) is 35.4. The Labute approximate surface area is 260 Å². The number of amides is 1. The Hall–Kier alpha value is -3.67. The van der Waals surface area contributed by atoms with Crippen LogP contribution in [0, 0.1) is 5.92 Å². The topological polar surface area (TPSA) is 139 Å². The number of carbonyl (C=O) groups excluding carboxylic acids is 2. The number of halogens is 1. The van der Waals surface area contributed by atoms with Crippen molar-refractivity contribution in [1.29, 1.82) is 0 Å². The minimum atomic E-state index is -1.22. The van der Waals surface area contributed by atoms with Gasteiger partial charge in [0, 0.05) is 17.9 Å². The highest BCUT2D eigenvalue weighted by atomic mass is 35.5. The van der Waals surface area contributed by atoms with Crippen molar-refractivity contribution < 1.29 is 19.4 Å². The predicted octanol–water partition coefficient (Wildman–Crippen LogP) is 5.61. The van der Waals surface area contributed by atoms with Gasteiger partial charge < -0.3 is 20.5 Å². The number of anilines is 2. The molecule has 2 aromatic heterocycles. The summed E-state index contributed by atoms with van der Waals surface area (Å²) in [5.74, 6) is 0.0817. The van der Waals surface area contributed by atoms with Crippen LogP contribution in [0.1, 0.15) is 62.2 Å². The van der Waals surface area contributed by atoms with Gasteiger partial charge >= 0.3 is 5.97 Å². The Morgan fingerprint density at radius 2 is 1.88 bits per heavy atom. The molecule has 3 aromatic rings. The van der Waals surface area contributed by atoms with Crippen LogP contribution in [0.15, 0.2) is 65.2 Å². The van der Waals surface area contributed by atoms with Gasteiger partial charge in [0.1, 0.15) is 5.01 Å². The van der Waals surface area contributed by atoms with Crippen molar-refractivity contribution in [2.45, 2.75) is 77.5 Å². The van der Waals surface area contributed by atoms with Crippen molar-refractivity contribution in [2.24, 2.45) is 5.92 Å². The van der Waals surface area contributed by atoms with Crippen molar-refractivity contribution in [3.05, 3.63) is 81.5 Å². The Balaban J connectivity index is 1.22. The number of rotatable bonds is 15. The summed E-state index contributed by atoms with van der Waals surface area (Å²) in [7, 11) is 0. The van der Waals surface area contributed by atoms with E-state index >= 15 is 0 Å². The maximum Gasteiger partial charge on any atom is 0.306 e. The zero-order valence-corrected chi connectivity index (χ0v) is 25.9. The maximum atomic E-state index is 12.3. The molecule has 4 rings (SSSR count). The number of unbranched alkanes of at least 4 members (excludes halogenated alkanes) is 1. The molecule has 3 atom stereocenters. The summed E-state index contributed by atoms with van der Waals surface area (Å²) < 4.78 is 5.63. The largest absolute Gasteiger partial charge is 0.453 e. The van der Waals surface area contributed by atoms with E-state index in [9.17, 15) is 14.7 Å². The highest BCUT2D eigenvalue weighted by Gasteiger charge is 2.29. The van der Waals surface area contributed by atoms with E-state index in [4.69, 9.17) is 16.3 Å². The number of aromatic nitrogens is 4. The van der Waals surface area contributed by atoms with Crippen LogP contribution in [0.25, 0.3) is 0 Å². The van der Waals surface area contributed by atoms with Gasteiger partial charge in [0.05, 0.1) is 12.1 Å². The van der Waals surface area contributed by atoms with E-state index < -0.39 is 12.3 Å². The van der Waals surface area contributed by atoms with Crippen LogP contribution in [0.5, 0.6) is 0 Å². The molecule has 43 heavy (non-hydrogen) atoms. The molecule has 0 bridgehead atoms. The van der Waals surface area contributed by atoms with Crippen LogP contribution < -0.4 is 10.6 Å². The van der Waals surface area contributed by atoms with Gasteiger partial charge in [-0.3, -0.25) is 9.59 Å². The molecule has 0 fully saturated rings. The first kappa shape index (κ1) is 32.2. The monoisotopic (exact) mass is 624 g/mol. The van der Waals surface area contributed by atoms with Gasteiger partial charge in [-0.15, -0.1) is 15.3 Å². The van der Waals surface area contributed by atoms with Gasteiger partial charge in [-0.2, -0.15) is 5.10 Å². The van der Waals surface area contributed by atoms with E-state index in [1.807, 2.05) is 56.3 Å². The fraction of sp³-hybridized carbons (Fsp3) is 0.419. The average Bonchev–Trinajstić information content (AvgIpc) is 3.44. The molecule has 1 aromatic carbocycles. The molecule has 3 N–H and O–H groups in total. The Morgan fingerprint density at radius 3 is 2.60 bits per heavy atom. The number of allylic oxidation sites excluding steroid dienone is 2. The number of hydrogen-bond acceptors (Lipinski definition) is 10.